The number of hydrogen-bond donors (Lipinski definition) is 1. The van der Waals surface area contributed by atoms with E-state index in [2.05, 4.69) is 4.74 Å². The maximum Gasteiger partial charge on any atom is 0.337 e. The Bertz CT molecular complexity index is 999. The van der Waals surface area contributed by atoms with E-state index in [4.69, 9.17) is 4.74 Å². The highest BCUT2D eigenvalue weighted by Crippen LogP contribution is 2.35. The fourth-order valence-corrected chi connectivity index (χ4v) is 2.92. The molecule has 0 saturated carbocycles. The molecule has 0 heterocycles. The third-order valence-corrected chi connectivity index (χ3v) is 4.23. The van der Waals surface area contributed by atoms with Crippen molar-refractivity contribution in [2.24, 2.45) is 0 Å². The summed E-state index contributed by atoms with van der Waals surface area (Å²) in [4.78, 5) is 24.2. The summed E-state index contributed by atoms with van der Waals surface area (Å²) in [6.07, 6.45) is -0.0860. The minimum absolute atomic E-state index is 0.0860. The molecule has 0 saturated heterocycles. The first-order valence-electron chi connectivity index (χ1n) is 8.30. The van der Waals surface area contributed by atoms with Crippen molar-refractivity contribution in [3.8, 4) is 5.75 Å². The second-order valence-corrected chi connectivity index (χ2v) is 5.91. The number of benzene rings is 3. The van der Waals surface area contributed by atoms with Crippen LogP contribution in [0.1, 0.15) is 15.9 Å². The van der Waals surface area contributed by atoms with Gasteiger partial charge in [-0.3, -0.25) is 10.0 Å². The summed E-state index contributed by atoms with van der Waals surface area (Å²) in [5, 5.41) is 12.8. The first-order valence-corrected chi connectivity index (χ1v) is 8.30. The first kappa shape index (κ1) is 18.4. The van der Waals surface area contributed by atoms with Gasteiger partial charge in [0.2, 0.25) is 0 Å². The van der Waals surface area contributed by atoms with Gasteiger partial charge in [-0.25, -0.2) is 4.79 Å². The van der Waals surface area contributed by atoms with Gasteiger partial charge in [0.15, 0.2) is 5.75 Å². The largest absolute Gasteiger partial charge is 0.494 e. The summed E-state index contributed by atoms with van der Waals surface area (Å²) < 4.78 is 10.1. The predicted molar refractivity (Wildman–Crippen MR) is 101 cm³/mol. The van der Waals surface area contributed by atoms with Crippen LogP contribution < -0.4 is 9.80 Å². The van der Waals surface area contributed by atoms with Crippen LogP contribution in [-0.4, -0.2) is 31.3 Å². The van der Waals surface area contributed by atoms with Gasteiger partial charge in [0, 0.05) is 5.39 Å². The van der Waals surface area contributed by atoms with E-state index >= 15 is 0 Å². The molecule has 3 aromatic carbocycles. The zero-order chi connectivity index (χ0) is 19.4. The van der Waals surface area contributed by atoms with Crippen LogP contribution in [0.5, 0.6) is 5.75 Å². The zero-order valence-corrected chi connectivity index (χ0v) is 15.0. The Morgan fingerprint density at radius 1 is 1.00 bits per heavy atom. The Morgan fingerprint density at radius 3 is 2.52 bits per heavy atom. The van der Waals surface area contributed by atoms with Gasteiger partial charge in [-0.05, 0) is 29.1 Å². The molecule has 0 bridgehead atoms. The normalized spacial score (nSPS) is 10.5. The van der Waals surface area contributed by atoms with Gasteiger partial charge >= 0.3 is 5.97 Å². The number of anilines is 1. The van der Waals surface area contributed by atoms with Gasteiger partial charge in [-0.1, -0.05) is 42.5 Å². The van der Waals surface area contributed by atoms with Gasteiger partial charge in [0.05, 0.1) is 26.2 Å². The number of fused-ring (bicyclic) bond motifs is 1. The van der Waals surface area contributed by atoms with Crippen LogP contribution in [0.25, 0.3) is 10.8 Å². The first-order chi connectivity index (χ1) is 13.0. The minimum Gasteiger partial charge on any atom is -0.494 e. The highest BCUT2D eigenvalue weighted by Gasteiger charge is 2.20. The van der Waals surface area contributed by atoms with E-state index in [1.807, 2.05) is 30.3 Å². The predicted octanol–water partition coefficient (Wildman–Crippen LogP) is 3.60. The highest BCUT2D eigenvalue weighted by atomic mass is 16.5. The fraction of sp³-hybridized carbons (Fsp3) is 0.143. The molecule has 0 fully saturated rings. The molecule has 6 nitrogen and oxygen atoms in total. The van der Waals surface area contributed by atoms with Crippen molar-refractivity contribution in [1.29, 1.82) is 0 Å². The number of esters is 1. The average molecular weight is 365 g/mol. The average Bonchev–Trinajstić information content (AvgIpc) is 2.71. The molecular formula is C21H19NO5. The number of rotatable bonds is 5. The third-order valence-electron chi connectivity index (χ3n) is 4.23. The lowest BCUT2D eigenvalue weighted by atomic mass is 10.1. The molecule has 3 aromatic rings. The van der Waals surface area contributed by atoms with Gasteiger partial charge in [0.1, 0.15) is 5.69 Å². The Balaban J connectivity index is 1.88. The molecule has 0 radical (unpaired) electrons. The number of carbonyl (C=O) groups excluding carboxylic acids is 2. The Hall–Kier alpha value is -3.38. The highest BCUT2D eigenvalue weighted by molar-refractivity contribution is 6.00. The molecule has 0 aliphatic rings. The number of nitrogens with zero attached hydrogens (tertiary/aromatic N) is 1. The molecule has 3 rings (SSSR count). The molecule has 0 aliphatic carbocycles. The summed E-state index contributed by atoms with van der Waals surface area (Å²) in [5.74, 6) is -0.626. The summed E-state index contributed by atoms with van der Waals surface area (Å²) in [5.41, 5.74) is 1.18. The minimum atomic E-state index is -0.550. The summed E-state index contributed by atoms with van der Waals surface area (Å²) in [6, 6.07) is 17.5. The molecule has 27 heavy (non-hydrogen) atoms. The molecule has 0 aliphatic heterocycles. The summed E-state index contributed by atoms with van der Waals surface area (Å²) in [6.45, 7) is 0. The SMILES string of the molecule is COC(=O)c1cccc(CC(=O)N(O)c2ccc3ccccc3c2OC)c1. The third kappa shape index (κ3) is 3.75. The van der Waals surface area contributed by atoms with E-state index in [0.717, 1.165) is 10.8 Å². The molecule has 1 N–H and O–H groups in total. The molecule has 138 valence electrons. The lowest BCUT2D eigenvalue weighted by Gasteiger charge is -2.19. The van der Waals surface area contributed by atoms with Gasteiger partial charge in [0.25, 0.3) is 5.91 Å². The van der Waals surface area contributed by atoms with Crippen LogP contribution in [0.4, 0.5) is 5.69 Å². The quantitative estimate of drug-likeness (QED) is 0.425. The monoisotopic (exact) mass is 365 g/mol. The Labute approximate surface area is 156 Å². The molecule has 1 amide bonds. The van der Waals surface area contributed by atoms with Crippen molar-refractivity contribution in [2.45, 2.75) is 6.42 Å². The Morgan fingerprint density at radius 2 is 1.78 bits per heavy atom. The number of methoxy groups -OCH3 is 2. The van der Waals surface area contributed by atoms with Crippen molar-refractivity contribution >= 4 is 28.3 Å². The topological polar surface area (TPSA) is 76.1 Å². The van der Waals surface area contributed by atoms with Crippen LogP contribution in [0.2, 0.25) is 0 Å². The smallest absolute Gasteiger partial charge is 0.337 e. The molecule has 0 unspecified atom stereocenters. The van der Waals surface area contributed by atoms with Crippen molar-refractivity contribution < 1.29 is 24.3 Å². The van der Waals surface area contributed by atoms with Crippen molar-refractivity contribution in [2.75, 3.05) is 19.3 Å². The number of amides is 1. The van der Waals surface area contributed by atoms with Crippen LogP contribution in [-0.2, 0) is 16.0 Å². The lowest BCUT2D eigenvalue weighted by Crippen LogP contribution is -2.29. The fourth-order valence-electron chi connectivity index (χ4n) is 2.92. The number of carbonyl (C=O) groups is 2. The number of hydroxylamine groups is 1. The van der Waals surface area contributed by atoms with Crippen LogP contribution >= 0.6 is 0 Å². The molecule has 0 spiro atoms. The second kappa shape index (κ2) is 7.88. The molecule has 0 aromatic heterocycles. The van der Waals surface area contributed by atoms with Crippen LogP contribution in [0, 0.1) is 0 Å². The molecular weight excluding hydrogens is 346 g/mol. The maximum atomic E-state index is 12.6. The molecule has 6 heteroatoms. The summed E-state index contributed by atoms with van der Waals surface area (Å²) in [7, 11) is 2.78. The maximum absolute atomic E-state index is 12.6. The van der Waals surface area contributed by atoms with E-state index in [9.17, 15) is 14.8 Å². The lowest BCUT2D eigenvalue weighted by molar-refractivity contribution is -0.123. The van der Waals surface area contributed by atoms with E-state index in [0.29, 0.717) is 21.9 Å². The molecule has 0 atom stereocenters. The van der Waals surface area contributed by atoms with Gasteiger partial charge in [-0.15, -0.1) is 0 Å². The number of ether oxygens (including phenoxy) is 2. The van der Waals surface area contributed by atoms with Crippen molar-refractivity contribution in [3.05, 3.63) is 71.8 Å². The number of hydrogen-bond acceptors (Lipinski definition) is 5. The van der Waals surface area contributed by atoms with Crippen LogP contribution in [0.3, 0.4) is 0 Å². The zero-order valence-electron chi connectivity index (χ0n) is 15.0. The van der Waals surface area contributed by atoms with Crippen molar-refractivity contribution in [3.63, 3.8) is 0 Å². The standard InChI is InChI=1S/C21H19NO5/c1-26-20-17-9-4-3-7-15(17)10-11-18(20)22(25)19(23)13-14-6-5-8-16(12-14)21(24)27-2/h3-12,25H,13H2,1-2H3. The second-order valence-electron chi connectivity index (χ2n) is 5.91. The van der Waals surface area contributed by atoms with E-state index < -0.39 is 11.9 Å². The van der Waals surface area contributed by atoms with Crippen LogP contribution in [0.15, 0.2) is 60.7 Å². The van der Waals surface area contributed by atoms with Gasteiger partial charge in [-0.2, -0.15) is 5.06 Å². The summed E-state index contributed by atoms with van der Waals surface area (Å²) >= 11 is 0. The van der Waals surface area contributed by atoms with Gasteiger partial charge < -0.3 is 9.47 Å². The van der Waals surface area contributed by atoms with E-state index in [1.54, 1.807) is 30.3 Å². The van der Waals surface area contributed by atoms with E-state index in [1.165, 1.54) is 14.2 Å². The van der Waals surface area contributed by atoms with E-state index in [-0.39, 0.29) is 12.1 Å². The van der Waals surface area contributed by atoms with Crippen molar-refractivity contribution in [1.82, 2.24) is 0 Å². The Kier molecular flexibility index (Phi) is 5.38.